The molecule has 6 atom stereocenters. The van der Waals surface area contributed by atoms with Crippen LogP contribution in [0.15, 0.2) is 65.6 Å². The Morgan fingerprint density at radius 3 is 2.58 bits per heavy atom. The van der Waals surface area contributed by atoms with Crippen molar-refractivity contribution in [3.05, 3.63) is 82.4 Å². The molecule has 3 N–H and O–H groups in total. The van der Waals surface area contributed by atoms with Crippen molar-refractivity contribution in [3.8, 4) is 11.5 Å². The molecule has 0 radical (unpaired) electrons. The Bertz CT molecular complexity index is 1760. The van der Waals surface area contributed by atoms with E-state index in [0.717, 1.165) is 17.8 Å². The highest BCUT2D eigenvalue weighted by Crippen LogP contribution is 2.48. The molecule has 0 bridgehead atoms. The molecule has 5 rings (SSSR count). The fourth-order valence-corrected chi connectivity index (χ4v) is 6.53. The lowest BCUT2D eigenvalue weighted by Crippen LogP contribution is -2.42. The largest absolute Gasteiger partial charge is 0.490 e. The van der Waals surface area contributed by atoms with Gasteiger partial charge in [0.15, 0.2) is 6.10 Å². The Kier molecular flexibility index (Phi) is 10.3. The van der Waals surface area contributed by atoms with E-state index in [4.69, 9.17) is 23.3 Å². The Morgan fingerprint density at radius 1 is 1.17 bits per heavy atom. The summed E-state index contributed by atoms with van der Waals surface area (Å²) < 4.78 is 71.8. The van der Waals surface area contributed by atoms with Crippen LogP contribution in [0, 0.1) is 0 Å². The number of aliphatic hydroxyl groups excluding tert-OH is 1. The van der Waals surface area contributed by atoms with Crippen molar-refractivity contribution in [2.75, 3.05) is 11.9 Å². The normalized spacial score (nSPS) is 23.1. The van der Waals surface area contributed by atoms with Gasteiger partial charge in [-0.15, -0.1) is 0 Å². The summed E-state index contributed by atoms with van der Waals surface area (Å²) in [5.41, 5.74) is -0.0823. The molecule has 1 amide bonds. The summed E-state index contributed by atoms with van der Waals surface area (Å²) in [4.78, 5) is 41.7. The van der Waals surface area contributed by atoms with Gasteiger partial charge >= 0.3 is 25.3 Å². The van der Waals surface area contributed by atoms with Crippen LogP contribution in [-0.2, 0) is 29.8 Å². The number of amides is 1. The molecule has 258 valence electrons. The van der Waals surface area contributed by atoms with Gasteiger partial charge in [0, 0.05) is 18.2 Å². The maximum absolute atomic E-state index is 15.3. The summed E-state index contributed by atoms with van der Waals surface area (Å²) in [7, 11) is -4.49. The van der Waals surface area contributed by atoms with Gasteiger partial charge < -0.3 is 29.2 Å². The van der Waals surface area contributed by atoms with Gasteiger partial charge in [-0.25, -0.2) is 9.36 Å². The molecule has 2 aromatic carbocycles. The van der Waals surface area contributed by atoms with Crippen molar-refractivity contribution >= 4 is 25.4 Å². The van der Waals surface area contributed by atoms with E-state index in [1.807, 2.05) is 6.92 Å². The van der Waals surface area contributed by atoms with E-state index in [0.29, 0.717) is 16.7 Å². The second-order valence-electron chi connectivity index (χ2n) is 11.6. The van der Waals surface area contributed by atoms with E-state index < -0.39 is 68.4 Å². The second-order valence-corrected chi connectivity index (χ2v) is 13.3. The minimum absolute atomic E-state index is 0.0268. The van der Waals surface area contributed by atoms with Crippen molar-refractivity contribution in [1.29, 1.82) is 0 Å². The number of para-hydroxylation sites is 1. The van der Waals surface area contributed by atoms with Gasteiger partial charge in [0.1, 0.15) is 35.6 Å². The van der Waals surface area contributed by atoms with Crippen molar-refractivity contribution < 1.29 is 51.3 Å². The number of benzene rings is 2. The lowest BCUT2D eigenvalue weighted by Gasteiger charge is -2.25. The second kappa shape index (κ2) is 14.1. The van der Waals surface area contributed by atoms with Crippen LogP contribution in [0.25, 0.3) is 0 Å². The molecular weight excluding hydrogens is 657 g/mol. The maximum atomic E-state index is 15.3. The van der Waals surface area contributed by atoms with Gasteiger partial charge in [-0.05, 0) is 69.7 Å². The van der Waals surface area contributed by atoms with Crippen LogP contribution in [0.2, 0.25) is 0 Å². The predicted molar refractivity (Wildman–Crippen MR) is 166 cm³/mol. The van der Waals surface area contributed by atoms with Gasteiger partial charge in [0.05, 0.1) is 12.7 Å². The minimum atomic E-state index is -4.49. The molecule has 0 spiro atoms. The highest BCUT2D eigenvalue weighted by Gasteiger charge is 2.60. The Balaban J connectivity index is 1.28. The molecule has 0 aliphatic carbocycles. The molecule has 2 aliphatic rings. The van der Waals surface area contributed by atoms with E-state index in [1.165, 1.54) is 19.1 Å². The monoisotopic (exact) mass is 692 g/mol. The fourth-order valence-electron chi connectivity index (χ4n) is 5.02. The molecule has 2 aliphatic heterocycles. The number of carbonyl (C=O) groups is 2. The molecule has 3 unspecified atom stereocenters. The number of carbonyl (C=O) groups excluding carboxylic acids is 2. The van der Waals surface area contributed by atoms with Crippen LogP contribution < -0.4 is 25.4 Å². The number of halogens is 2. The topological polar surface area (TPSA) is 177 Å². The first-order chi connectivity index (χ1) is 22.6. The molecule has 1 aromatic heterocycles. The number of hydrogen-bond acceptors (Lipinski definition) is 11. The van der Waals surface area contributed by atoms with E-state index >= 15 is 8.78 Å². The molecule has 17 heteroatoms. The molecule has 14 nitrogen and oxygen atoms in total. The number of anilines is 1. The number of alkyl halides is 2. The molecular formula is C31H35F2N4O10P. The van der Waals surface area contributed by atoms with Crippen LogP contribution in [0.5, 0.6) is 11.5 Å². The highest BCUT2D eigenvalue weighted by atomic mass is 31.2. The lowest BCUT2D eigenvalue weighted by atomic mass is 10.1. The Morgan fingerprint density at radius 2 is 1.90 bits per heavy atom. The average molecular weight is 693 g/mol. The first-order valence-corrected chi connectivity index (χ1v) is 16.6. The van der Waals surface area contributed by atoms with Gasteiger partial charge in [0.25, 0.3) is 5.91 Å². The minimum Gasteiger partial charge on any atom is -0.490 e. The number of aliphatic hydroxyl groups is 1. The number of aromatic nitrogens is 2. The summed E-state index contributed by atoms with van der Waals surface area (Å²) >= 11 is 0. The van der Waals surface area contributed by atoms with Crippen LogP contribution in [0.3, 0.4) is 0 Å². The lowest BCUT2D eigenvalue weighted by molar-refractivity contribution is -0.149. The zero-order chi connectivity index (χ0) is 34.8. The van der Waals surface area contributed by atoms with Crippen molar-refractivity contribution in [2.24, 2.45) is 0 Å². The summed E-state index contributed by atoms with van der Waals surface area (Å²) in [5, 5.41) is 15.4. The number of rotatable bonds is 12. The standard InChI is InChI=1S/C31H35F2N4O10P/c1-17(2)44-28(40)19(4)36-48(42,47-22-8-6-5-7-9-22)43-16-24-26(38)31(32,33)29(46-24)37-13-12-25(35-30(37)41)34-27(39)20-10-11-23-21(15-20)14-18(3)45-23/h5-13,15,17-19,24,26,29,38H,14,16H2,1-4H3,(H,36,42)(H,34,35,39,41)/t18?,19-,24-,26-,29?,48?/m1/s1. The fraction of sp³-hybridized carbons (Fsp3) is 0.419. The zero-order valence-corrected chi connectivity index (χ0v) is 27.3. The maximum Gasteiger partial charge on any atom is 0.459 e. The zero-order valence-electron chi connectivity index (χ0n) is 26.4. The number of ether oxygens (including phenoxy) is 3. The third kappa shape index (κ3) is 7.90. The highest BCUT2D eigenvalue weighted by molar-refractivity contribution is 7.52. The van der Waals surface area contributed by atoms with Gasteiger partial charge in [0.2, 0.25) is 6.23 Å². The molecule has 0 saturated carbocycles. The van der Waals surface area contributed by atoms with E-state index in [1.54, 1.807) is 50.2 Å². The summed E-state index contributed by atoms with van der Waals surface area (Å²) in [5.74, 6) is -4.87. The third-order valence-electron chi connectivity index (χ3n) is 7.30. The Labute approximate surface area is 273 Å². The molecule has 48 heavy (non-hydrogen) atoms. The van der Waals surface area contributed by atoms with Crippen molar-refractivity contribution in [2.45, 2.75) is 76.7 Å². The van der Waals surface area contributed by atoms with Gasteiger partial charge in [-0.1, -0.05) is 18.2 Å². The van der Waals surface area contributed by atoms with E-state index in [9.17, 15) is 24.1 Å². The number of fused-ring (bicyclic) bond motifs is 1. The SMILES string of the molecule is CC(C)OC(=O)[C@@H](C)NP(=O)(OC[C@H]1OC(n2ccc(NC(=O)c3ccc4c(c3)CC(C)O4)nc2=O)C(F)(F)[C@@H]1O)Oc1ccccc1. The van der Waals surface area contributed by atoms with Gasteiger partial charge in [-0.3, -0.25) is 18.7 Å². The summed E-state index contributed by atoms with van der Waals surface area (Å²) in [6.45, 7) is 5.57. The molecule has 3 aromatic rings. The van der Waals surface area contributed by atoms with Crippen molar-refractivity contribution in [1.82, 2.24) is 14.6 Å². The number of esters is 1. The number of hydrogen-bond donors (Lipinski definition) is 3. The van der Waals surface area contributed by atoms with Gasteiger partial charge in [-0.2, -0.15) is 18.9 Å². The first kappa shape index (κ1) is 35.1. The third-order valence-corrected chi connectivity index (χ3v) is 8.94. The van der Waals surface area contributed by atoms with Crippen LogP contribution in [0.1, 0.15) is 49.8 Å². The molecule has 1 saturated heterocycles. The molecule has 1 fully saturated rings. The quantitative estimate of drug-likeness (QED) is 0.185. The van der Waals surface area contributed by atoms with Crippen LogP contribution in [0.4, 0.5) is 14.6 Å². The van der Waals surface area contributed by atoms with Crippen LogP contribution >= 0.6 is 7.75 Å². The first-order valence-electron chi connectivity index (χ1n) is 15.0. The number of nitrogens with one attached hydrogen (secondary N) is 2. The molecule has 3 heterocycles. The van der Waals surface area contributed by atoms with E-state index in [2.05, 4.69) is 15.4 Å². The summed E-state index contributed by atoms with van der Waals surface area (Å²) in [6.07, 6.45) is -5.62. The van der Waals surface area contributed by atoms with E-state index in [-0.39, 0.29) is 23.2 Å². The Hall–Kier alpha value is -4.21. The summed E-state index contributed by atoms with van der Waals surface area (Å²) in [6, 6.07) is 12.5. The predicted octanol–water partition coefficient (Wildman–Crippen LogP) is 3.85. The number of nitrogens with zero attached hydrogens (tertiary/aromatic N) is 2. The van der Waals surface area contributed by atoms with Crippen LogP contribution in [-0.4, -0.2) is 69.5 Å². The smallest absolute Gasteiger partial charge is 0.459 e. The average Bonchev–Trinajstić information content (AvgIpc) is 3.50. The van der Waals surface area contributed by atoms with Crippen molar-refractivity contribution in [3.63, 3.8) is 0 Å².